The van der Waals surface area contributed by atoms with Gasteiger partial charge < -0.3 is 0 Å². The summed E-state index contributed by atoms with van der Waals surface area (Å²) in [4.78, 5) is 0. The van der Waals surface area contributed by atoms with Crippen LogP contribution in [-0.4, -0.2) is 0 Å². The zero-order chi connectivity index (χ0) is 29.8. The molecule has 2 fully saturated rings. The van der Waals surface area contributed by atoms with Crippen molar-refractivity contribution in [3.63, 3.8) is 0 Å². The van der Waals surface area contributed by atoms with Crippen molar-refractivity contribution in [2.45, 2.75) is 152 Å². The molecule has 0 radical (unpaired) electrons. The van der Waals surface area contributed by atoms with E-state index in [0.29, 0.717) is 11.8 Å². The van der Waals surface area contributed by atoms with Crippen LogP contribution in [0.2, 0.25) is 0 Å². The van der Waals surface area contributed by atoms with Gasteiger partial charge in [-0.2, -0.15) is 0 Å². The Morgan fingerprint density at radius 3 is 1.24 bits per heavy atom. The minimum Gasteiger partial charge on any atom is -0.0696 e. The summed E-state index contributed by atoms with van der Waals surface area (Å²) in [6, 6.07) is 0. The average Bonchev–Trinajstić information content (AvgIpc) is 2.68. The first-order valence-electron chi connectivity index (χ1n) is 15.5. The first-order chi connectivity index (χ1) is 15.8. The van der Waals surface area contributed by atoms with Gasteiger partial charge in [0.2, 0.25) is 0 Å². The fourth-order valence-electron chi connectivity index (χ4n) is 13.3. The third-order valence-electron chi connectivity index (χ3n) is 18.1. The van der Waals surface area contributed by atoms with Gasteiger partial charge in [0.25, 0.3) is 0 Å². The molecule has 0 aromatic rings. The van der Waals surface area contributed by atoms with Crippen molar-refractivity contribution in [1.29, 1.82) is 0 Å². The molecule has 4 unspecified atom stereocenters. The molecule has 0 spiro atoms. The van der Waals surface area contributed by atoms with E-state index in [4.69, 9.17) is 0 Å². The number of hydrogen-bond acceptors (Lipinski definition) is 0. The van der Waals surface area contributed by atoms with Gasteiger partial charge in [-0.25, -0.2) is 0 Å². The maximum Gasteiger partial charge on any atom is -0.00722 e. The normalized spacial score (nSPS) is 43.3. The second-order valence-electron chi connectivity index (χ2n) is 19.5. The lowest BCUT2D eigenvalue weighted by Crippen LogP contribution is -2.79. The van der Waals surface area contributed by atoms with E-state index in [0.717, 1.165) is 0 Å². The van der Waals surface area contributed by atoms with E-state index >= 15 is 0 Å². The van der Waals surface area contributed by atoms with Gasteiger partial charge in [0.15, 0.2) is 0 Å². The molecule has 0 nitrogen and oxygen atoms in total. The Labute approximate surface area is 234 Å². The van der Waals surface area contributed by atoms with E-state index in [1.165, 1.54) is 0 Å². The van der Waals surface area contributed by atoms with Crippen LogP contribution in [0.4, 0.5) is 0 Å². The lowest BCUT2D eigenvalue weighted by atomic mass is 9.19. The zero-order valence-corrected chi connectivity index (χ0v) is 29.7. The highest BCUT2D eigenvalue weighted by atomic mass is 14.9. The van der Waals surface area contributed by atoms with Gasteiger partial charge in [-0.1, -0.05) is 157 Å². The van der Waals surface area contributed by atoms with Gasteiger partial charge in [-0.15, -0.1) is 0 Å². The maximum atomic E-state index is 2.75. The predicted octanol–water partition coefficient (Wildman–Crippen LogP) is 11.8. The van der Waals surface area contributed by atoms with Crippen LogP contribution >= 0.6 is 0 Å². The molecule has 0 aromatic heterocycles. The van der Waals surface area contributed by atoms with Crippen molar-refractivity contribution >= 4 is 0 Å². The molecule has 4 atom stereocenters. The topological polar surface area (TPSA) is 0 Å². The highest BCUT2D eigenvalue weighted by Gasteiger charge is 2.82. The molecule has 0 saturated heterocycles. The minimum atomic E-state index is 0.0427. The van der Waals surface area contributed by atoms with Gasteiger partial charge >= 0.3 is 0 Å². The van der Waals surface area contributed by atoms with Crippen molar-refractivity contribution in [3.8, 4) is 0 Å². The Balaban J connectivity index is 2.78. The SMILES string of the molecule is CC1=C2C(C)(C)C(C)(C)C3(C)C(C(C)(C)C(C)(C)C(C)(C)C3(C)C)C(C)(C)C(C)(C2(C)C)C(C)(C)C1C. The van der Waals surface area contributed by atoms with Gasteiger partial charge in [0, 0.05) is 0 Å². The Morgan fingerprint density at radius 2 is 0.838 bits per heavy atom. The number of allylic oxidation sites excluding steroid dienone is 2. The second-order valence-corrected chi connectivity index (χ2v) is 19.5. The lowest BCUT2D eigenvalue weighted by molar-refractivity contribution is -0.355. The summed E-state index contributed by atoms with van der Waals surface area (Å²) in [5, 5.41) is 0. The van der Waals surface area contributed by atoms with Crippen LogP contribution in [0.3, 0.4) is 0 Å². The molecule has 0 heteroatoms. The average molecular weight is 513 g/mol. The van der Waals surface area contributed by atoms with Crippen molar-refractivity contribution in [3.05, 3.63) is 11.1 Å². The van der Waals surface area contributed by atoms with Gasteiger partial charge in [-0.05, 0) is 78.3 Å². The molecule has 3 aliphatic rings. The van der Waals surface area contributed by atoms with Gasteiger partial charge in [-0.3, -0.25) is 0 Å². The maximum absolute atomic E-state index is 2.75. The van der Waals surface area contributed by atoms with Gasteiger partial charge in [0.05, 0.1) is 0 Å². The van der Waals surface area contributed by atoms with Crippen LogP contribution in [0.15, 0.2) is 11.1 Å². The van der Waals surface area contributed by atoms with E-state index in [1.807, 2.05) is 0 Å². The minimum absolute atomic E-state index is 0.0427. The molecule has 3 aliphatic carbocycles. The molecule has 2 bridgehead atoms. The summed E-state index contributed by atoms with van der Waals surface area (Å²) in [7, 11) is 0. The molecule has 0 amide bonds. The Morgan fingerprint density at radius 1 is 0.432 bits per heavy atom. The molecular formula is C37H68. The van der Waals surface area contributed by atoms with E-state index < -0.39 is 0 Å². The highest BCUT2D eigenvalue weighted by Crippen LogP contribution is 2.87. The third-order valence-corrected chi connectivity index (χ3v) is 18.1. The van der Waals surface area contributed by atoms with Crippen LogP contribution in [0.5, 0.6) is 0 Å². The van der Waals surface area contributed by atoms with E-state index in [2.05, 4.69) is 152 Å². The van der Waals surface area contributed by atoms with E-state index in [1.54, 1.807) is 11.1 Å². The van der Waals surface area contributed by atoms with Crippen LogP contribution in [0.1, 0.15) is 152 Å². The highest BCUT2D eigenvalue weighted by molar-refractivity contribution is 5.42. The smallest absolute Gasteiger partial charge is 0.00722 e. The molecule has 3 rings (SSSR count). The van der Waals surface area contributed by atoms with Crippen LogP contribution in [0, 0.1) is 71.4 Å². The van der Waals surface area contributed by atoms with E-state index in [9.17, 15) is 0 Å². The van der Waals surface area contributed by atoms with Crippen LogP contribution in [0.25, 0.3) is 0 Å². The number of rotatable bonds is 0. The Hall–Kier alpha value is -0.260. The molecule has 0 heterocycles. The molecule has 37 heavy (non-hydrogen) atoms. The summed E-state index contributed by atoms with van der Waals surface area (Å²) in [5.74, 6) is 1.07. The standard InChI is InChI=1S/C37H68/c1-23-24(2)27(3,4)37(22)29(7,8)25(23)28(5,6)33(15,16)36(21)26(31(37,11)12)30(9,10)32(13,14)34(17,18)35(36,19)20/h24,26H,1-22H3. The van der Waals surface area contributed by atoms with Crippen LogP contribution < -0.4 is 0 Å². The summed E-state index contributed by atoms with van der Waals surface area (Å²) in [5.41, 5.74) is 4.53. The third kappa shape index (κ3) is 2.61. The fraction of sp³-hybridized carbons (Fsp3) is 0.946. The summed E-state index contributed by atoms with van der Waals surface area (Å²) in [6.45, 7) is 58.1. The quantitative estimate of drug-likeness (QED) is 0.283. The molecule has 0 N–H and O–H groups in total. The Kier molecular flexibility index (Phi) is 6.03. The summed E-state index contributed by atoms with van der Waals surface area (Å²) in [6.07, 6.45) is 0. The van der Waals surface area contributed by atoms with Crippen molar-refractivity contribution in [2.75, 3.05) is 0 Å². The zero-order valence-electron chi connectivity index (χ0n) is 29.7. The molecule has 0 aliphatic heterocycles. The summed E-state index contributed by atoms with van der Waals surface area (Å²) < 4.78 is 0. The monoisotopic (exact) mass is 513 g/mol. The lowest BCUT2D eigenvalue weighted by Gasteiger charge is -2.85. The fourth-order valence-corrected chi connectivity index (χ4v) is 13.3. The Bertz CT molecular complexity index is 1010. The predicted molar refractivity (Wildman–Crippen MR) is 166 cm³/mol. The van der Waals surface area contributed by atoms with Crippen molar-refractivity contribution < 1.29 is 0 Å². The number of fused-ring (bicyclic) bond motifs is 3. The van der Waals surface area contributed by atoms with Gasteiger partial charge in [0.1, 0.15) is 0 Å². The van der Waals surface area contributed by atoms with Crippen molar-refractivity contribution in [1.82, 2.24) is 0 Å². The summed E-state index contributed by atoms with van der Waals surface area (Å²) >= 11 is 0. The molecule has 2 saturated carbocycles. The van der Waals surface area contributed by atoms with Crippen LogP contribution in [-0.2, 0) is 0 Å². The number of hydrogen-bond donors (Lipinski definition) is 0. The molecule has 0 aromatic carbocycles. The first kappa shape index (κ1) is 31.3. The second kappa shape index (κ2) is 7.14. The molecular weight excluding hydrogens is 444 g/mol. The van der Waals surface area contributed by atoms with E-state index in [-0.39, 0.29) is 59.6 Å². The first-order valence-corrected chi connectivity index (χ1v) is 15.5. The molecule has 216 valence electrons. The van der Waals surface area contributed by atoms with Crippen molar-refractivity contribution in [2.24, 2.45) is 71.4 Å². The largest absolute Gasteiger partial charge is 0.0696 e.